The number of ether oxygens (including phenoxy) is 1. The molecule has 0 unspecified atom stereocenters. The van der Waals surface area contributed by atoms with Crippen molar-refractivity contribution in [1.29, 1.82) is 0 Å². The topological polar surface area (TPSA) is 58.6 Å². The molecule has 0 fully saturated rings. The van der Waals surface area contributed by atoms with Gasteiger partial charge in [-0.05, 0) is 48.9 Å². The van der Waals surface area contributed by atoms with Crippen molar-refractivity contribution in [1.82, 2.24) is 10.2 Å². The highest BCUT2D eigenvalue weighted by Crippen LogP contribution is 2.26. The third-order valence-electron chi connectivity index (χ3n) is 5.58. The molecule has 0 saturated heterocycles. The first-order valence-electron chi connectivity index (χ1n) is 11.3. The van der Waals surface area contributed by atoms with Crippen molar-refractivity contribution in [3.05, 3.63) is 64.7 Å². The summed E-state index contributed by atoms with van der Waals surface area (Å²) < 4.78 is 5.93. The molecule has 1 N–H and O–H groups in total. The van der Waals surface area contributed by atoms with Crippen molar-refractivity contribution in [2.45, 2.75) is 72.0 Å². The van der Waals surface area contributed by atoms with Gasteiger partial charge in [0.2, 0.25) is 5.91 Å². The van der Waals surface area contributed by atoms with Crippen LogP contribution in [0.25, 0.3) is 0 Å². The molecule has 0 aromatic heterocycles. The molecule has 2 aromatic carbocycles. The molecule has 0 heterocycles. The van der Waals surface area contributed by atoms with Crippen LogP contribution in [0, 0.1) is 0 Å². The number of carbonyl (C=O) groups is 2. The van der Waals surface area contributed by atoms with Gasteiger partial charge in [-0.25, -0.2) is 0 Å². The fourth-order valence-corrected chi connectivity index (χ4v) is 3.68. The number of benzene rings is 2. The van der Waals surface area contributed by atoms with Crippen molar-refractivity contribution in [3.63, 3.8) is 0 Å². The summed E-state index contributed by atoms with van der Waals surface area (Å²) >= 11 is 6.37. The second kappa shape index (κ2) is 12.5. The average molecular weight is 459 g/mol. The van der Waals surface area contributed by atoms with E-state index in [1.807, 2.05) is 63.2 Å². The molecule has 0 radical (unpaired) electrons. The highest BCUT2D eigenvalue weighted by molar-refractivity contribution is 6.31. The number of carbonyl (C=O) groups excluding carboxylic acids is 2. The lowest BCUT2D eigenvalue weighted by Crippen LogP contribution is -2.51. The van der Waals surface area contributed by atoms with Gasteiger partial charge in [0.15, 0.2) is 6.61 Å². The Labute approximate surface area is 197 Å². The van der Waals surface area contributed by atoms with Crippen molar-refractivity contribution >= 4 is 23.4 Å². The van der Waals surface area contributed by atoms with Crippen LogP contribution < -0.4 is 10.1 Å². The van der Waals surface area contributed by atoms with E-state index < -0.39 is 6.04 Å². The highest BCUT2D eigenvalue weighted by Gasteiger charge is 2.30. The number of nitrogens with one attached hydrogen (secondary N) is 1. The lowest BCUT2D eigenvalue weighted by molar-refractivity contribution is -0.143. The Morgan fingerprint density at radius 2 is 1.66 bits per heavy atom. The predicted molar refractivity (Wildman–Crippen MR) is 130 cm³/mol. The first-order valence-corrected chi connectivity index (χ1v) is 11.7. The third kappa shape index (κ3) is 6.99. The lowest BCUT2D eigenvalue weighted by Gasteiger charge is -2.31. The molecule has 5 nitrogen and oxygen atoms in total. The van der Waals surface area contributed by atoms with Gasteiger partial charge in [0.25, 0.3) is 5.91 Å². The SMILES string of the molecule is CC[C@H](C)NC(=O)[C@H](CC)N(Cc1ccccc1Cl)C(=O)COc1ccccc1C(C)C. The van der Waals surface area contributed by atoms with Crippen molar-refractivity contribution in [2.24, 2.45) is 0 Å². The molecule has 2 rings (SSSR count). The number of amides is 2. The molecule has 0 aliphatic heterocycles. The van der Waals surface area contributed by atoms with Crippen molar-refractivity contribution in [2.75, 3.05) is 6.61 Å². The van der Waals surface area contributed by atoms with E-state index in [2.05, 4.69) is 19.2 Å². The minimum absolute atomic E-state index is 0.0305. The molecular weight excluding hydrogens is 424 g/mol. The molecule has 6 heteroatoms. The average Bonchev–Trinajstić information content (AvgIpc) is 2.78. The monoisotopic (exact) mass is 458 g/mol. The van der Waals surface area contributed by atoms with Crippen LogP contribution in [-0.2, 0) is 16.1 Å². The van der Waals surface area contributed by atoms with Gasteiger partial charge in [-0.1, -0.05) is 75.7 Å². The van der Waals surface area contributed by atoms with Gasteiger partial charge in [-0.3, -0.25) is 9.59 Å². The Kier molecular flexibility index (Phi) is 10.0. The van der Waals surface area contributed by atoms with Crippen LogP contribution in [0.3, 0.4) is 0 Å². The molecule has 2 aromatic rings. The molecular formula is C26H35ClN2O3. The molecule has 32 heavy (non-hydrogen) atoms. The molecule has 0 bridgehead atoms. The van der Waals surface area contributed by atoms with Gasteiger partial charge in [-0.2, -0.15) is 0 Å². The van der Waals surface area contributed by atoms with Crippen LogP contribution in [0.5, 0.6) is 5.75 Å². The van der Waals surface area contributed by atoms with Crippen molar-refractivity contribution < 1.29 is 14.3 Å². The number of halogens is 1. The Morgan fingerprint density at radius 1 is 1.00 bits per heavy atom. The summed E-state index contributed by atoms with van der Waals surface area (Å²) in [5.74, 6) is 0.537. The van der Waals surface area contributed by atoms with Crippen molar-refractivity contribution in [3.8, 4) is 5.75 Å². The summed E-state index contributed by atoms with van der Waals surface area (Å²) in [4.78, 5) is 27.9. The first-order chi connectivity index (χ1) is 15.3. The van der Waals surface area contributed by atoms with E-state index in [1.54, 1.807) is 11.0 Å². The Hall–Kier alpha value is -2.53. The molecule has 0 spiro atoms. The normalized spacial score (nSPS) is 12.8. The zero-order valence-electron chi connectivity index (χ0n) is 19.7. The molecule has 0 aliphatic rings. The Balaban J connectivity index is 2.27. The fourth-order valence-electron chi connectivity index (χ4n) is 3.48. The number of rotatable bonds is 11. The van der Waals surface area contributed by atoms with E-state index in [0.717, 1.165) is 17.5 Å². The van der Waals surface area contributed by atoms with Crippen LogP contribution in [0.1, 0.15) is 64.5 Å². The zero-order valence-corrected chi connectivity index (χ0v) is 20.5. The number of hydrogen-bond donors (Lipinski definition) is 1. The summed E-state index contributed by atoms with van der Waals surface area (Å²) in [5.41, 5.74) is 1.83. The lowest BCUT2D eigenvalue weighted by atomic mass is 10.0. The van der Waals surface area contributed by atoms with Crippen LogP contribution >= 0.6 is 11.6 Å². The van der Waals surface area contributed by atoms with Crippen LogP contribution in [0.15, 0.2) is 48.5 Å². The summed E-state index contributed by atoms with van der Waals surface area (Å²) in [6.45, 7) is 10.1. The Morgan fingerprint density at radius 3 is 2.28 bits per heavy atom. The van der Waals surface area contributed by atoms with E-state index in [0.29, 0.717) is 17.2 Å². The predicted octanol–water partition coefficient (Wildman–Crippen LogP) is 5.56. The van der Waals surface area contributed by atoms with Gasteiger partial charge < -0.3 is 15.0 Å². The Bertz CT molecular complexity index is 900. The number of hydrogen-bond acceptors (Lipinski definition) is 3. The second-order valence-corrected chi connectivity index (χ2v) is 8.74. The maximum atomic E-state index is 13.4. The summed E-state index contributed by atoms with van der Waals surface area (Å²) in [5, 5.41) is 3.57. The first kappa shape index (κ1) is 25.7. The molecule has 174 valence electrons. The minimum Gasteiger partial charge on any atom is -0.483 e. The number of para-hydroxylation sites is 1. The maximum absolute atomic E-state index is 13.4. The smallest absolute Gasteiger partial charge is 0.261 e. The quantitative estimate of drug-likeness (QED) is 0.479. The minimum atomic E-state index is -0.614. The van der Waals surface area contributed by atoms with E-state index in [4.69, 9.17) is 16.3 Å². The van der Waals surface area contributed by atoms with Gasteiger partial charge in [-0.15, -0.1) is 0 Å². The van der Waals surface area contributed by atoms with Crippen LogP contribution in [0.4, 0.5) is 0 Å². The molecule has 0 saturated carbocycles. The van der Waals surface area contributed by atoms with Gasteiger partial charge >= 0.3 is 0 Å². The zero-order chi connectivity index (χ0) is 23.7. The van der Waals surface area contributed by atoms with E-state index in [-0.39, 0.29) is 36.9 Å². The van der Waals surface area contributed by atoms with E-state index in [9.17, 15) is 9.59 Å². The van der Waals surface area contributed by atoms with Gasteiger partial charge in [0.05, 0.1) is 0 Å². The molecule has 0 aliphatic carbocycles. The van der Waals surface area contributed by atoms with Crippen LogP contribution in [0.2, 0.25) is 5.02 Å². The second-order valence-electron chi connectivity index (χ2n) is 8.34. The van der Waals surface area contributed by atoms with E-state index >= 15 is 0 Å². The fraction of sp³-hybridized carbons (Fsp3) is 0.462. The van der Waals surface area contributed by atoms with E-state index in [1.165, 1.54) is 0 Å². The summed E-state index contributed by atoms with van der Waals surface area (Å²) in [6.07, 6.45) is 1.30. The highest BCUT2D eigenvalue weighted by atomic mass is 35.5. The summed E-state index contributed by atoms with van der Waals surface area (Å²) in [6, 6.07) is 14.5. The molecule has 2 amide bonds. The maximum Gasteiger partial charge on any atom is 0.261 e. The van der Waals surface area contributed by atoms with Gasteiger partial charge in [0.1, 0.15) is 11.8 Å². The third-order valence-corrected chi connectivity index (χ3v) is 5.95. The van der Waals surface area contributed by atoms with Gasteiger partial charge in [0, 0.05) is 17.6 Å². The largest absolute Gasteiger partial charge is 0.483 e. The number of nitrogens with zero attached hydrogens (tertiary/aromatic N) is 1. The molecule has 2 atom stereocenters. The standard InChI is InChI=1S/C26H35ClN2O3/c1-6-19(5)28-26(31)23(7-2)29(16-20-12-8-10-14-22(20)27)25(30)17-32-24-15-11-9-13-21(24)18(3)4/h8-15,18-19,23H,6-7,16-17H2,1-5H3,(H,28,31)/t19-,23-/m0/s1. The summed E-state index contributed by atoms with van der Waals surface area (Å²) in [7, 11) is 0. The van der Waals surface area contributed by atoms with Crippen LogP contribution in [-0.4, -0.2) is 35.4 Å².